The van der Waals surface area contributed by atoms with Gasteiger partial charge in [0.15, 0.2) is 0 Å². The highest BCUT2D eigenvalue weighted by Gasteiger charge is 2.54. The molecule has 3 aliphatic rings. The van der Waals surface area contributed by atoms with E-state index in [2.05, 4.69) is 51.6 Å². The largest absolute Gasteiger partial charge is 0.324 e. The summed E-state index contributed by atoms with van der Waals surface area (Å²) in [6, 6.07) is 21.7. The molecule has 1 N–H and O–H groups in total. The van der Waals surface area contributed by atoms with E-state index in [1.165, 1.54) is 30.4 Å². The van der Waals surface area contributed by atoms with Crippen molar-refractivity contribution in [3.63, 3.8) is 0 Å². The number of nitrogens with one attached hydrogen (secondary N) is 1. The van der Waals surface area contributed by atoms with E-state index in [9.17, 15) is 4.79 Å². The summed E-state index contributed by atoms with van der Waals surface area (Å²) in [7, 11) is 0. The number of hydrogen-bond donors (Lipinski definition) is 1. The smallest absolute Gasteiger partial charge is 0.321 e. The normalized spacial score (nSPS) is 21.6. The van der Waals surface area contributed by atoms with Gasteiger partial charge in [-0.3, -0.25) is 9.88 Å². The number of piperidine rings is 1. The van der Waals surface area contributed by atoms with Crippen molar-refractivity contribution < 1.29 is 4.79 Å². The van der Waals surface area contributed by atoms with Crippen molar-refractivity contribution >= 4 is 11.7 Å². The molecular weight excluding hydrogens is 444 g/mol. The van der Waals surface area contributed by atoms with Gasteiger partial charge in [-0.1, -0.05) is 55.0 Å². The third kappa shape index (κ3) is 4.30. The monoisotopic (exact) mass is 480 g/mol. The molecule has 3 fully saturated rings. The van der Waals surface area contributed by atoms with Gasteiger partial charge in [-0.15, -0.1) is 0 Å². The second-order valence-electron chi connectivity index (χ2n) is 11.0. The molecule has 0 radical (unpaired) electrons. The Morgan fingerprint density at radius 1 is 1.03 bits per heavy atom. The quantitative estimate of drug-likeness (QED) is 0.452. The van der Waals surface area contributed by atoms with E-state index in [4.69, 9.17) is 0 Å². The lowest BCUT2D eigenvalue weighted by atomic mass is 9.63. The van der Waals surface area contributed by atoms with Crippen molar-refractivity contribution in [2.75, 3.05) is 25.0 Å². The number of rotatable bonds is 5. The number of carbonyl (C=O) groups excluding carboxylic acids is 1. The molecule has 1 unspecified atom stereocenters. The molecular formula is C31H36N4O. The number of nitrogens with zero attached hydrogens (tertiary/aromatic N) is 3. The predicted molar refractivity (Wildman–Crippen MR) is 144 cm³/mol. The van der Waals surface area contributed by atoms with Gasteiger partial charge in [0.1, 0.15) is 0 Å². The molecule has 1 spiro atoms. The van der Waals surface area contributed by atoms with E-state index in [1.807, 2.05) is 48.5 Å². The number of anilines is 1. The molecule has 6 rings (SSSR count). The zero-order valence-corrected chi connectivity index (χ0v) is 21.2. The molecule has 36 heavy (non-hydrogen) atoms. The molecule has 0 bridgehead atoms. The number of likely N-dealkylation sites (tertiary alicyclic amines) is 2. The van der Waals surface area contributed by atoms with Gasteiger partial charge in [0.05, 0.1) is 0 Å². The molecule has 3 aromatic rings. The summed E-state index contributed by atoms with van der Waals surface area (Å²) in [5.74, 6) is 0.739. The fraction of sp³-hybridized carbons (Fsp3) is 0.419. The summed E-state index contributed by atoms with van der Waals surface area (Å²) in [6.45, 7) is 5.69. The molecule has 1 atom stereocenters. The second-order valence-corrected chi connectivity index (χ2v) is 11.0. The molecule has 2 amide bonds. The fourth-order valence-corrected chi connectivity index (χ4v) is 6.61. The summed E-state index contributed by atoms with van der Waals surface area (Å²) in [4.78, 5) is 22.1. The van der Waals surface area contributed by atoms with Gasteiger partial charge >= 0.3 is 6.03 Å². The van der Waals surface area contributed by atoms with Crippen LogP contribution in [0.15, 0.2) is 73.1 Å². The van der Waals surface area contributed by atoms with E-state index in [0.29, 0.717) is 6.04 Å². The first-order valence-electron chi connectivity index (χ1n) is 13.5. The van der Waals surface area contributed by atoms with Crippen LogP contribution < -0.4 is 5.32 Å². The lowest BCUT2D eigenvalue weighted by Crippen LogP contribution is -2.62. The number of hydrogen-bond acceptors (Lipinski definition) is 3. The molecule has 2 aromatic carbocycles. The number of amides is 2. The third-order valence-corrected chi connectivity index (χ3v) is 8.87. The molecule has 2 aliphatic heterocycles. The Bertz CT molecular complexity index is 1210. The first-order valence-corrected chi connectivity index (χ1v) is 13.5. The van der Waals surface area contributed by atoms with Crippen molar-refractivity contribution in [2.45, 2.75) is 57.5 Å². The van der Waals surface area contributed by atoms with Crippen LogP contribution in [0, 0.1) is 12.3 Å². The standard InChI is InChI=1S/C31H36N4O/c1-23-8-2-5-14-28(23)33-30(36)34-18-15-31(16-19-34)22-35(29(31)25-12-7-17-32-20-25)21-26-9-3-4-13-27(26)24-10-6-11-24/h2-5,7-9,12-14,17,20,24,29H,6,10-11,15-16,18-19,21-22H2,1H3,(H,33,36). The van der Waals surface area contributed by atoms with Crippen LogP contribution in [0.5, 0.6) is 0 Å². The number of para-hydroxylation sites is 1. The number of benzene rings is 2. The van der Waals surface area contributed by atoms with Crippen LogP contribution in [-0.4, -0.2) is 40.4 Å². The average molecular weight is 481 g/mol. The van der Waals surface area contributed by atoms with Crippen LogP contribution in [0.1, 0.15) is 66.3 Å². The van der Waals surface area contributed by atoms with Crippen molar-refractivity contribution in [3.8, 4) is 0 Å². The van der Waals surface area contributed by atoms with Crippen molar-refractivity contribution in [1.29, 1.82) is 0 Å². The minimum Gasteiger partial charge on any atom is -0.324 e. The molecule has 3 heterocycles. The Morgan fingerprint density at radius 2 is 1.81 bits per heavy atom. The Hall–Kier alpha value is -3.18. The number of aromatic nitrogens is 1. The van der Waals surface area contributed by atoms with Gasteiger partial charge in [0, 0.05) is 55.7 Å². The van der Waals surface area contributed by atoms with Gasteiger partial charge in [-0.05, 0) is 72.9 Å². The summed E-state index contributed by atoms with van der Waals surface area (Å²) in [6.07, 6.45) is 9.97. The van der Waals surface area contributed by atoms with E-state index < -0.39 is 0 Å². The van der Waals surface area contributed by atoms with Gasteiger partial charge in [-0.25, -0.2) is 4.79 Å². The van der Waals surface area contributed by atoms with Gasteiger partial charge in [-0.2, -0.15) is 0 Å². The Kier molecular flexibility index (Phi) is 6.26. The summed E-state index contributed by atoms with van der Waals surface area (Å²) in [5.41, 5.74) is 6.54. The highest BCUT2D eigenvalue weighted by atomic mass is 16.2. The number of aryl methyl sites for hydroxylation is 1. The lowest BCUT2D eigenvalue weighted by Gasteiger charge is -2.60. The SMILES string of the molecule is Cc1ccccc1NC(=O)N1CCC2(CC1)CN(Cc1ccccc1C1CCC1)C2c1cccnc1. The van der Waals surface area contributed by atoms with Crippen LogP contribution in [-0.2, 0) is 6.54 Å². The van der Waals surface area contributed by atoms with Gasteiger partial charge in [0.2, 0.25) is 0 Å². The van der Waals surface area contributed by atoms with E-state index in [-0.39, 0.29) is 11.4 Å². The number of pyridine rings is 1. The average Bonchev–Trinajstić information content (AvgIpc) is 2.86. The van der Waals surface area contributed by atoms with E-state index >= 15 is 0 Å². The van der Waals surface area contributed by atoms with Crippen LogP contribution in [0.2, 0.25) is 0 Å². The molecule has 5 heteroatoms. The van der Waals surface area contributed by atoms with Crippen LogP contribution in [0.4, 0.5) is 10.5 Å². The molecule has 2 saturated heterocycles. The highest BCUT2D eigenvalue weighted by molar-refractivity contribution is 5.90. The van der Waals surface area contributed by atoms with Crippen molar-refractivity contribution in [3.05, 3.63) is 95.3 Å². The molecule has 5 nitrogen and oxygen atoms in total. The maximum absolute atomic E-state index is 13.0. The summed E-state index contributed by atoms with van der Waals surface area (Å²) in [5, 5.41) is 3.12. The van der Waals surface area contributed by atoms with E-state index in [0.717, 1.165) is 56.2 Å². The summed E-state index contributed by atoms with van der Waals surface area (Å²) < 4.78 is 0. The first kappa shape index (κ1) is 23.2. The second kappa shape index (κ2) is 9.70. The minimum absolute atomic E-state index is 0.0164. The van der Waals surface area contributed by atoms with Crippen molar-refractivity contribution in [1.82, 2.24) is 14.8 Å². The third-order valence-electron chi connectivity index (χ3n) is 8.87. The highest BCUT2D eigenvalue weighted by Crippen LogP contribution is 2.55. The van der Waals surface area contributed by atoms with Gasteiger partial charge < -0.3 is 10.2 Å². The topological polar surface area (TPSA) is 48.5 Å². The Balaban J connectivity index is 1.17. The van der Waals surface area contributed by atoms with Crippen LogP contribution >= 0.6 is 0 Å². The van der Waals surface area contributed by atoms with Gasteiger partial charge in [0.25, 0.3) is 0 Å². The Labute approximate surface area is 214 Å². The molecule has 1 aromatic heterocycles. The Morgan fingerprint density at radius 3 is 2.53 bits per heavy atom. The summed E-state index contributed by atoms with van der Waals surface area (Å²) >= 11 is 0. The minimum atomic E-state index is 0.0164. The van der Waals surface area contributed by atoms with Crippen molar-refractivity contribution in [2.24, 2.45) is 5.41 Å². The first-order chi connectivity index (χ1) is 17.6. The number of carbonyl (C=O) groups is 1. The molecule has 1 saturated carbocycles. The number of urea groups is 1. The zero-order chi connectivity index (χ0) is 24.5. The fourth-order valence-electron chi connectivity index (χ4n) is 6.61. The lowest BCUT2D eigenvalue weighted by molar-refractivity contribution is -0.112. The molecule has 1 aliphatic carbocycles. The van der Waals surface area contributed by atoms with Crippen LogP contribution in [0.25, 0.3) is 0 Å². The molecule has 186 valence electrons. The maximum atomic E-state index is 13.0. The maximum Gasteiger partial charge on any atom is 0.321 e. The van der Waals surface area contributed by atoms with E-state index in [1.54, 1.807) is 5.56 Å². The predicted octanol–water partition coefficient (Wildman–Crippen LogP) is 6.53. The van der Waals surface area contributed by atoms with Crippen LogP contribution in [0.3, 0.4) is 0 Å². The zero-order valence-electron chi connectivity index (χ0n) is 21.2.